The number of hydrogen-bond acceptors (Lipinski definition) is 3. The highest BCUT2D eigenvalue weighted by atomic mass is 32.2. The Bertz CT molecular complexity index is 957. The van der Waals surface area contributed by atoms with Crippen LogP contribution in [0, 0.1) is 5.82 Å². The third-order valence-electron chi connectivity index (χ3n) is 6.34. The van der Waals surface area contributed by atoms with Crippen LogP contribution in [-0.4, -0.2) is 30.5 Å². The summed E-state index contributed by atoms with van der Waals surface area (Å²) in [5.41, 5.74) is 1.66. The number of rotatable bonds is 5. The number of aliphatic hydroxyl groups is 1. The second-order valence-corrected chi connectivity index (χ2v) is 10.2. The van der Waals surface area contributed by atoms with Gasteiger partial charge in [-0.05, 0) is 49.8 Å². The quantitative estimate of drug-likeness (QED) is 0.824. The van der Waals surface area contributed by atoms with Crippen LogP contribution < -0.4 is 0 Å². The van der Waals surface area contributed by atoms with Gasteiger partial charge in [-0.25, -0.2) is 12.8 Å². The first-order valence-corrected chi connectivity index (χ1v) is 11.3. The first-order chi connectivity index (χ1) is 13.4. The Balaban J connectivity index is 1.61. The lowest BCUT2D eigenvalue weighted by molar-refractivity contribution is 0.254. The van der Waals surface area contributed by atoms with Gasteiger partial charge in [0.2, 0.25) is 10.0 Å². The Morgan fingerprint density at radius 2 is 1.86 bits per heavy atom. The van der Waals surface area contributed by atoms with Crippen molar-refractivity contribution in [2.24, 2.45) is 0 Å². The zero-order valence-corrected chi connectivity index (χ0v) is 16.8. The number of sulfonamides is 1. The highest BCUT2D eigenvalue weighted by Crippen LogP contribution is 2.48. The van der Waals surface area contributed by atoms with Gasteiger partial charge in [-0.1, -0.05) is 42.5 Å². The molecule has 0 amide bonds. The van der Waals surface area contributed by atoms with E-state index >= 15 is 0 Å². The van der Waals surface area contributed by atoms with Gasteiger partial charge in [-0.15, -0.1) is 0 Å². The molecular weight excluding hydrogens is 377 g/mol. The highest BCUT2D eigenvalue weighted by molar-refractivity contribution is 7.89. The summed E-state index contributed by atoms with van der Waals surface area (Å²) in [5, 5.41) is 8.98. The monoisotopic (exact) mass is 403 g/mol. The SMILES string of the molecule is C[C@H]1CC[C@H](c2ccccc2)S(=O)(=O)N1Cc1ccc(C2(CO)CC2)cc1F. The van der Waals surface area contributed by atoms with E-state index in [2.05, 4.69) is 0 Å². The maximum absolute atomic E-state index is 14.8. The molecule has 0 spiro atoms. The van der Waals surface area contributed by atoms with Crippen molar-refractivity contribution in [1.82, 2.24) is 4.31 Å². The van der Waals surface area contributed by atoms with Crippen molar-refractivity contribution in [3.63, 3.8) is 0 Å². The first kappa shape index (κ1) is 19.6. The number of aliphatic hydroxyl groups excluding tert-OH is 1. The van der Waals surface area contributed by atoms with Gasteiger partial charge in [0.15, 0.2) is 0 Å². The Kier molecular flexibility index (Phi) is 5.06. The zero-order valence-electron chi connectivity index (χ0n) is 16.0. The van der Waals surface area contributed by atoms with Crippen LogP contribution in [0.25, 0.3) is 0 Å². The lowest BCUT2D eigenvalue weighted by atomic mass is 9.95. The van der Waals surface area contributed by atoms with Crippen molar-refractivity contribution in [2.75, 3.05) is 6.61 Å². The molecule has 1 saturated carbocycles. The summed E-state index contributed by atoms with van der Waals surface area (Å²) in [4.78, 5) is 0. The van der Waals surface area contributed by atoms with E-state index in [1.165, 1.54) is 10.4 Å². The molecule has 4 rings (SSSR count). The smallest absolute Gasteiger partial charge is 0.221 e. The lowest BCUT2D eigenvalue weighted by Crippen LogP contribution is -2.44. The van der Waals surface area contributed by atoms with Crippen molar-refractivity contribution in [2.45, 2.75) is 55.9 Å². The summed E-state index contributed by atoms with van der Waals surface area (Å²) in [6, 6.07) is 14.1. The first-order valence-electron chi connectivity index (χ1n) is 9.83. The predicted molar refractivity (Wildman–Crippen MR) is 107 cm³/mol. The minimum atomic E-state index is -3.59. The van der Waals surface area contributed by atoms with Crippen LogP contribution in [0.2, 0.25) is 0 Å². The van der Waals surface area contributed by atoms with Gasteiger partial charge < -0.3 is 5.11 Å². The molecule has 150 valence electrons. The number of nitrogens with zero attached hydrogens (tertiary/aromatic N) is 1. The van der Waals surface area contributed by atoms with Crippen molar-refractivity contribution >= 4 is 10.0 Å². The maximum atomic E-state index is 14.8. The Hall–Kier alpha value is -1.76. The summed E-state index contributed by atoms with van der Waals surface area (Å²) < 4.78 is 42.8. The van der Waals surface area contributed by atoms with E-state index in [9.17, 15) is 17.9 Å². The molecular formula is C22H26FNO3S. The molecule has 0 aromatic heterocycles. The van der Waals surface area contributed by atoms with Crippen LogP contribution in [0.5, 0.6) is 0 Å². The fraction of sp³-hybridized carbons (Fsp3) is 0.455. The third-order valence-corrected chi connectivity index (χ3v) is 8.71. The molecule has 1 aliphatic heterocycles. The van der Waals surface area contributed by atoms with Crippen LogP contribution in [0.1, 0.15) is 54.5 Å². The van der Waals surface area contributed by atoms with Gasteiger partial charge in [-0.3, -0.25) is 0 Å². The van der Waals surface area contributed by atoms with Crippen LogP contribution in [0.4, 0.5) is 4.39 Å². The van der Waals surface area contributed by atoms with Crippen molar-refractivity contribution in [1.29, 1.82) is 0 Å². The number of hydrogen-bond donors (Lipinski definition) is 1. The molecule has 2 atom stereocenters. The van der Waals surface area contributed by atoms with Gasteiger partial charge in [0.1, 0.15) is 11.1 Å². The van der Waals surface area contributed by atoms with Crippen molar-refractivity contribution < 1.29 is 17.9 Å². The standard InChI is InChI=1S/C22H26FNO3S/c1-16-7-10-21(17-5-3-2-4-6-17)28(26,27)24(16)14-18-8-9-19(13-20(18)23)22(15-25)11-12-22/h2-6,8-9,13,16,21,25H,7,10-12,14-15H2,1H3/t16-,21+/m0/s1. The summed E-state index contributed by atoms with van der Waals surface area (Å²) >= 11 is 0. The second-order valence-electron chi connectivity index (χ2n) is 8.16. The van der Waals surface area contributed by atoms with Gasteiger partial charge in [0, 0.05) is 23.6 Å². The second kappa shape index (κ2) is 7.25. The molecule has 1 aliphatic carbocycles. The zero-order chi connectivity index (χ0) is 19.9. The largest absolute Gasteiger partial charge is 0.395 e. The van der Waals surface area contributed by atoms with Crippen LogP contribution >= 0.6 is 0 Å². The van der Waals surface area contributed by atoms with Crippen molar-refractivity contribution in [3.8, 4) is 0 Å². The maximum Gasteiger partial charge on any atom is 0.221 e. The van der Waals surface area contributed by atoms with E-state index in [-0.39, 0.29) is 24.6 Å². The average Bonchev–Trinajstić information content (AvgIpc) is 3.48. The molecule has 2 aromatic rings. The molecule has 0 unspecified atom stereocenters. The van der Waals surface area contributed by atoms with Crippen LogP contribution in [-0.2, 0) is 22.0 Å². The van der Waals surface area contributed by atoms with E-state index in [0.717, 1.165) is 30.4 Å². The number of benzene rings is 2. The van der Waals surface area contributed by atoms with Crippen LogP contribution in [0.3, 0.4) is 0 Å². The molecule has 1 N–H and O–H groups in total. The molecule has 2 aromatic carbocycles. The van der Waals surface area contributed by atoms with Crippen molar-refractivity contribution in [3.05, 3.63) is 71.0 Å². The predicted octanol–water partition coefficient (Wildman–Crippen LogP) is 3.91. The molecule has 1 saturated heterocycles. The van der Waals surface area contributed by atoms with Gasteiger partial charge in [-0.2, -0.15) is 4.31 Å². The molecule has 4 nitrogen and oxygen atoms in total. The Morgan fingerprint density at radius 1 is 1.14 bits per heavy atom. The highest BCUT2D eigenvalue weighted by Gasteiger charge is 2.44. The van der Waals surface area contributed by atoms with E-state index in [4.69, 9.17) is 0 Å². The molecule has 28 heavy (non-hydrogen) atoms. The summed E-state index contributed by atoms with van der Waals surface area (Å²) in [7, 11) is -3.59. The fourth-order valence-electron chi connectivity index (χ4n) is 4.21. The Morgan fingerprint density at radius 3 is 2.46 bits per heavy atom. The third kappa shape index (κ3) is 3.38. The van der Waals surface area contributed by atoms with Crippen LogP contribution in [0.15, 0.2) is 48.5 Å². The van der Waals surface area contributed by atoms with E-state index in [1.807, 2.05) is 43.3 Å². The fourth-order valence-corrected chi connectivity index (χ4v) is 6.40. The van der Waals surface area contributed by atoms with E-state index in [1.54, 1.807) is 6.07 Å². The minimum Gasteiger partial charge on any atom is -0.395 e. The van der Waals surface area contributed by atoms with Gasteiger partial charge in [0.25, 0.3) is 0 Å². The summed E-state index contributed by atoms with van der Waals surface area (Å²) in [5.74, 6) is -0.401. The molecule has 2 fully saturated rings. The van der Waals surface area contributed by atoms with Gasteiger partial charge in [0.05, 0.1) is 6.61 Å². The minimum absolute atomic E-state index is 0.0160. The Labute approximate surface area is 166 Å². The van der Waals surface area contributed by atoms with E-state index in [0.29, 0.717) is 12.0 Å². The summed E-state index contributed by atoms with van der Waals surface area (Å²) in [6.07, 6.45) is 3.04. The molecule has 0 radical (unpaired) electrons. The van der Waals surface area contributed by atoms with Gasteiger partial charge >= 0.3 is 0 Å². The normalized spacial score (nSPS) is 26.1. The van der Waals surface area contributed by atoms with E-state index < -0.39 is 21.1 Å². The molecule has 6 heteroatoms. The topological polar surface area (TPSA) is 57.6 Å². The molecule has 2 aliphatic rings. The lowest BCUT2D eigenvalue weighted by Gasteiger charge is -2.37. The number of halogens is 1. The average molecular weight is 404 g/mol. The molecule has 1 heterocycles. The summed E-state index contributed by atoms with van der Waals surface area (Å²) in [6.45, 7) is 1.93. The molecule has 0 bridgehead atoms.